The molecule has 3 heterocycles. The Morgan fingerprint density at radius 2 is 1.52 bits per heavy atom. The second-order valence-electron chi connectivity index (χ2n) is 14.2. The summed E-state index contributed by atoms with van der Waals surface area (Å²) >= 11 is 0. The van der Waals surface area contributed by atoms with Gasteiger partial charge >= 0.3 is 0 Å². The zero-order chi connectivity index (χ0) is 37.4. The van der Waals surface area contributed by atoms with Gasteiger partial charge in [-0.3, -0.25) is 24.6 Å². The summed E-state index contributed by atoms with van der Waals surface area (Å²) in [5.74, 6) is 0.297. The van der Waals surface area contributed by atoms with E-state index in [1.54, 1.807) is 17.0 Å². The lowest BCUT2D eigenvalue weighted by molar-refractivity contribution is -0.136. The van der Waals surface area contributed by atoms with Gasteiger partial charge in [-0.05, 0) is 102 Å². The smallest absolute Gasteiger partial charge is 0.255 e. The Morgan fingerprint density at radius 1 is 0.833 bits per heavy atom. The third-order valence-electron chi connectivity index (χ3n) is 10.7. The predicted molar refractivity (Wildman–Crippen MR) is 211 cm³/mol. The molecular formula is C44H49N5O5. The number of piperazine rings is 1. The molecule has 0 aliphatic carbocycles. The van der Waals surface area contributed by atoms with Crippen molar-refractivity contribution in [2.45, 2.75) is 45.2 Å². The summed E-state index contributed by atoms with van der Waals surface area (Å²) in [4.78, 5) is 43.4. The van der Waals surface area contributed by atoms with Crippen LogP contribution in [0.5, 0.6) is 11.5 Å². The van der Waals surface area contributed by atoms with E-state index < -0.39 is 6.04 Å². The molecule has 2 saturated heterocycles. The molecule has 3 aliphatic heterocycles. The summed E-state index contributed by atoms with van der Waals surface area (Å²) < 4.78 is 6.20. The molecular weight excluding hydrogens is 679 g/mol. The van der Waals surface area contributed by atoms with Crippen molar-refractivity contribution < 1.29 is 24.2 Å². The van der Waals surface area contributed by atoms with Crippen molar-refractivity contribution in [2.24, 2.45) is 0 Å². The van der Waals surface area contributed by atoms with E-state index in [1.807, 2.05) is 36.4 Å². The number of hydrogen-bond donors (Lipinski definition) is 3. The van der Waals surface area contributed by atoms with Gasteiger partial charge in [0.2, 0.25) is 11.8 Å². The molecule has 4 aromatic carbocycles. The maximum absolute atomic E-state index is 13.0. The second-order valence-corrected chi connectivity index (χ2v) is 14.2. The van der Waals surface area contributed by atoms with Crippen molar-refractivity contribution in [1.82, 2.24) is 20.0 Å². The molecule has 54 heavy (non-hydrogen) atoms. The number of fused-ring (bicyclic) bond motifs is 1. The van der Waals surface area contributed by atoms with Gasteiger partial charge in [0.1, 0.15) is 24.1 Å². The molecule has 1 unspecified atom stereocenters. The summed E-state index contributed by atoms with van der Waals surface area (Å²) in [6.07, 6.45) is 2.50. The van der Waals surface area contributed by atoms with Crippen LogP contribution in [0.2, 0.25) is 0 Å². The molecule has 4 aromatic rings. The minimum atomic E-state index is -0.597. The molecule has 3 aliphatic rings. The summed E-state index contributed by atoms with van der Waals surface area (Å²) in [5.41, 5.74) is 8.29. The summed E-state index contributed by atoms with van der Waals surface area (Å²) in [6.45, 7) is 10.00. The van der Waals surface area contributed by atoms with E-state index in [0.717, 1.165) is 92.4 Å². The average molecular weight is 728 g/mol. The van der Waals surface area contributed by atoms with E-state index >= 15 is 0 Å². The van der Waals surface area contributed by atoms with Crippen LogP contribution in [0.1, 0.15) is 65.2 Å². The molecule has 10 heteroatoms. The standard InChI is InChI=1S/C44H49N5O5/c1-2-38(31-7-4-3-5-8-31)42(32-9-14-36(50)15-10-32)33-11-16-37(17-12-33)54-28-27-48-25-23-47(24-26-48)22-6-21-45-35-13-18-39-34(29-35)30-49(44(39)53)40-19-20-41(51)46-43(40)52/h3-5,7-18,29,40,45,50H,2,6,19-28,30H2,1H3,(H,46,51,52)/b42-38-. The Kier molecular flexibility index (Phi) is 11.7. The molecule has 3 amide bonds. The number of ether oxygens (including phenoxy) is 1. The van der Waals surface area contributed by atoms with Gasteiger partial charge in [0, 0.05) is 63.5 Å². The molecule has 2 fully saturated rings. The van der Waals surface area contributed by atoms with Crippen LogP contribution in [-0.4, -0.2) is 96.0 Å². The molecule has 7 rings (SSSR count). The second kappa shape index (κ2) is 17.1. The molecule has 1 atom stereocenters. The number of rotatable bonds is 14. The van der Waals surface area contributed by atoms with Crippen molar-refractivity contribution >= 4 is 34.6 Å². The first kappa shape index (κ1) is 36.9. The van der Waals surface area contributed by atoms with E-state index in [1.165, 1.54) is 11.1 Å². The zero-order valence-electron chi connectivity index (χ0n) is 30.9. The third-order valence-corrected chi connectivity index (χ3v) is 10.7. The normalized spacial score (nSPS) is 18.3. The number of amides is 3. The topological polar surface area (TPSA) is 114 Å². The molecule has 0 aromatic heterocycles. The number of carbonyl (C=O) groups excluding carboxylic acids is 3. The Balaban J connectivity index is 0.835. The van der Waals surface area contributed by atoms with Crippen LogP contribution in [-0.2, 0) is 16.1 Å². The van der Waals surface area contributed by atoms with E-state index in [-0.39, 0.29) is 29.9 Å². The Hall–Kier alpha value is -5.45. The Bertz CT molecular complexity index is 1970. The highest BCUT2D eigenvalue weighted by Gasteiger charge is 2.39. The zero-order valence-corrected chi connectivity index (χ0v) is 30.9. The Morgan fingerprint density at radius 3 is 2.20 bits per heavy atom. The number of phenols is 1. The SMILES string of the molecule is CC/C(=C(\c1ccc(O)cc1)c1ccc(OCCN2CCN(CCCNc3ccc4c(c3)CN(C3CCC(=O)NC3=O)C4=O)CC2)cc1)c1ccccc1. The van der Waals surface area contributed by atoms with Crippen LogP contribution in [0.3, 0.4) is 0 Å². The molecule has 0 bridgehead atoms. The largest absolute Gasteiger partial charge is 0.508 e. The molecule has 0 spiro atoms. The fourth-order valence-corrected chi connectivity index (χ4v) is 7.77. The van der Waals surface area contributed by atoms with Gasteiger partial charge in [0.15, 0.2) is 0 Å². The number of hydrogen-bond acceptors (Lipinski definition) is 8. The molecule has 0 saturated carbocycles. The first-order valence-electron chi connectivity index (χ1n) is 19.1. The van der Waals surface area contributed by atoms with Crippen LogP contribution < -0.4 is 15.4 Å². The van der Waals surface area contributed by atoms with Crippen LogP contribution in [0, 0.1) is 0 Å². The van der Waals surface area contributed by atoms with Crippen LogP contribution in [0.4, 0.5) is 5.69 Å². The van der Waals surface area contributed by atoms with Gasteiger partial charge in [-0.2, -0.15) is 0 Å². The first-order chi connectivity index (χ1) is 26.4. The van der Waals surface area contributed by atoms with Crippen molar-refractivity contribution in [1.29, 1.82) is 0 Å². The number of anilines is 1. The number of aromatic hydroxyl groups is 1. The van der Waals surface area contributed by atoms with Crippen molar-refractivity contribution in [3.05, 3.63) is 125 Å². The lowest BCUT2D eigenvalue weighted by Gasteiger charge is -2.34. The van der Waals surface area contributed by atoms with Crippen molar-refractivity contribution in [2.75, 3.05) is 57.7 Å². The van der Waals surface area contributed by atoms with Crippen molar-refractivity contribution in [3.63, 3.8) is 0 Å². The quantitative estimate of drug-likeness (QED) is 0.0822. The highest BCUT2D eigenvalue weighted by molar-refractivity contribution is 6.05. The summed E-state index contributed by atoms with van der Waals surface area (Å²) in [5, 5.41) is 15.8. The minimum Gasteiger partial charge on any atom is -0.508 e. The number of imide groups is 1. The monoisotopic (exact) mass is 727 g/mol. The number of nitrogens with one attached hydrogen (secondary N) is 2. The van der Waals surface area contributed by atoms with Gasteiger partial charge in [0.05, 0.1) is 0 Å². The number of piperidine rings is 1. The van der Waals surface area contributed by atoms with Gasteiger partial charge in [-0.25, -0.2) is 0 Å². The van der Waals surface area contributed by atoms with E-state index in [9.17, 15) is 19.5 Å². The lowest BCUT2D eigenvalue weighted by atomic mass is 9.88. The summed E-state index contributed by atoms with van der Waals surface area (Å²) in [6, 6.07) is 31.5. The molecule has 0 radical (unpaired) electrons. The molecule has 3 N–H and O–H groups in total. The molecule has 280 valence electrons. The summed E-state index contributed by atoms with van der Waals surface area (Å²) in [7, 11) is 0. The average Bonchev–Trinajstić information content (AvgIpc) is 3.52. The third kappa shape index (κ3) is 8.67. The van der Waals surface area contributed by atoms with Crippen molar-refractivity contribution in [3.8, 4) is 11.5 Å². The fourth-order valence-electron chi connectivity index (χ4n) is 7.77. The number of allylic oxidation sites excluding steroid dienone is 1. The maximum atomic E-state index is 13.0. The van der Waals surface area contributed by atoms with E-state index in [0.29, 0.717) is 25.1 Å². The van der Waals surface area contributed by atoms with Gasteiger partial charge in [-0.15, -0.1) is 0 Å². The number of phenolic OH excluding ortho intramolecular Hbond substituents is 1. The Labute approximate surface area is 317 Å². The lowest BCUT2D eigenvalue weighted by Crippen LogP contribution is -2.52. The van der Waals surface area contributed by atoms with Crippen LogP contribution >= 0.6 is 0 Å². The number of carbonyl (C=O) groups is 3. The minimum absolute atomic E-state index is 0.148. The van der Waals surface area contributed by atoms with Gasteiger partial charge < -0.3 is 25.0 Å². The maximum Gasteiger partial charge on any atom is 0.255 e. The number of nitrogens with zero attached hydrogens (tertiary/aromatic N) is 3. The highest BCUT2D eigenvalue weighted by atomic mass is 16.5. The van der Waals surface area contributed by atoms with Crippen LogP contribution in [0.15, 0.2) is 97.1 Å². The van der Waals surface area contributed by atoms with E-state index in [2.05, 4.69) is 75.9 Å². The predicted octanol–water partition coefficient (Wildman–Crippen LogP) is 6.02. The number of benzene rings is 4. The van der Waals surface area contributed by atoms with Crippen LogP contribution in [0.25, 0.3) is 11.1 Å². The van der Waals surface area contributed by atoms with Gasteiger partial charge in [0.25, 0.3) is 5.91 Å². The molecule has 10 nitrogen and oxygen atoms in total. The van der Waals surface area contributed by atoms with Gasteiger partial charge in [-0.1, -0.05) is 61.5 Å². The van der Waals surface area contributed by atoms with E-state index in [4.69, 9.17) is 4.74 Å². The first-order valence-corrected chi connectivity index (χ1v) is 19.1. The highest BCUT2D eigenvalue weighted by Crippen LogP contribution is 2.36. The fraction of sp³-hybridized carbons (Fsp3) is 0.341.